The Hall–Kier alpha value is 0.130. The summed E-state index contributed by atoms with van der Waals surface area (Å²) in [5.41, 5.74) is 0. The Morgan fingerprint density at radius 3 is 1.75 bits per heavy atom. The van der Waals surface area contributed by atoms with Crippen molar-refractivity contribution in [3.63, 3.8) is 0 Å². The fourth-order valence-electron chi connectivity index (χ4n) is 1.20. The molecule has 0 bridgehead atoms. The number of nitrogens with zero attached hydrogens (tertiary/aromatic N) is 1. The van der Waals surface area contributed by atoms with Crippen molar-refractivity contribution in [2.24, 2.45) is 0 Å². The molecular formula is C7H21ClN2O2. The molecule has 0 aromatic heterocycles. The van der Waals surface area contributed by atoms with Gasteiger partial charge < -0.3 is 16.3 Å². The third kappa shape index (κ3) is 5.74. The summed E-state index contributed by atoms with van der Waals surface area (Å²) in [7, 11) is 0. The second-order valence-electron chi connectivity index (χ2n) is 2.88. The minimum atomic E-state index is 0. The topological polar surface area (TPSA) is 78.3 Å². The van der Waals surface area contributed by atoms with E-state index in [4.69, 9.17) is 0 Å². The summed E-state index contributed by atoms with van der Waals surface area (Å²) in [5, 5.41) is 3.33. The van der Waals surface area contributed by atoms with Crippen molar-refractivity contribution in [3.8, 4) is 0 Å². The molecule has 5 heteroatoms. The van der Waals surface area contributed by atoms with Gasteiger partial charge in [0.25, 0.3) is 0 Å². The molecule has 1 rings (SSSR count). The van der Waals surface area contributed by atoms with Crippen LogP contribution in [-0.4, -0.2) is 48.1 Å². The average Bonchev–Trinajstić information content (AvgIpc) is 1.90. The van der Waals surface area contributed by atoms with Gasteiger partial charge in [0.1, 0.15) is 0 Å². The molecule has 0 aromatic carbocycles. The number of hydrogen-bond donors (Lipinski definition) is 1. The number of rotatable bonds is 1. The maximum absolute atomic E-state index is 3.33. The zero-order chi connectivity index (χ0) is 6.69. The molecule has 0 unspecified atom stereocenters. The summed E-state index contributed by atoms with van der Waals surface area (Å²) in [6, 6.07) is 0.729. The van der Waals surface area contributed by atoms with Gasteiger partial charge in [-0.15, -0.1) is 12.4 Å². The Morgan fingerprint density at radius 1 is 1.08 bits per heavy atom. The summed E-state index contributed by atoms with van der Waals surface area (Å²) >= 11 is 0. The van der Waals surface area contributed by atoms with Gasteiger partial charge in [0, 0.05) is 32.2 Å². The number of nitrogens with one attached hydrogen (secondary N) is 1. The zero-order valence-electron chi connectivity index (χ0n) is 7.76. The molecule has 4 nitrogen and oxygen atoms in total. The van der Waals surface area contributed by atoms with Crippen LogP contribution in [0, 0.1) is 0 Å². The van der Waals surface area contributed by atoms with Gasteiger partial charge in [-0.2, -0.15) is 0 Å². The van der Waals surface area contributed by atoms with Crippen LogP contribution < -0.4 is 5.32 Å². The first-order valence-corrected chi connectivity index (χ1v) is 3.75. The van der Waals surface area contributed by atoms with Crippen molar-refractivity contribution >= 4 is 12.4 Å². The predicted molar refractivity (Wildman–Crippen MR) is 54.1 cm³/mol. The summed E-state index contributed by atoms with van der Waals surface area (Å²) < 4.78 is 0. The smallest absolute Gasteiger partial charge is 0.0110 e. The first-order valence-electron chi connectivity index (χ1n) is 3.75. The van der Waals surface area contributed by atoms with Crippen molar-refractivity contribution in [1.82, 2.24) is 10.2 Å². The summed E-state index contributed by atoms with van der Waals surface area (Å²) in [4.78, 5) is 2.50. The highest BCUT2D eigenvalue weighted by Gasteiger charge is 2.11. The molecule has 5 N–H and O–H groups in total. The Kier molecular flexibility index (Phi) is 13.9. The van der Waals surface area contributed by atoms with E-state index in [1.54, 1.807) is 0 Å². The van der Waals surface area contributed by atoms with E-state index in [-0.39, 0.29) is 23.4 Å². The molecule has 0 spiro atoms. The van der Waals surface area contributed by atoms with Gasteiger partial charge in [-0.3, -0.25) is 4.90 Å². The molecule has 1 aliphatic rings. The molecule has 0 radical (unpaired) electrons. The maximum atomic E-state index is 3.33. The standard InChI is InChI=1S/C7H16N2.ClH.2H2O/c1-7(2)9-5-3-8-4-6-9;;;/h7-8H,3-6H2,1-2H3;1H;2*1H2. The van der Waals surface area contributed by atoms with Crippen LogP contribution >= 0.6 is 12.4 Å². The lowest BCUT2D eigenvalue weighted by Crippen LogP contribution is -2.46. The average molecular weight is 201 g/mol. The van der Waals surface area contributed by atoms with Gasteiger partial charge in [0.15, 0.2) is 0 Å². The van der Waals surface area contributed by atoms with Crippen molar-refractivity contribution in [1.29, 1.82) is 0 Å². The minimum absolute atomic E-state index is 0. The fraction of sp³-hybridized carbons (Fsp3) is 1.00. The van der Waals surface area contributed by atoms with E-state index in [1.165, 1.54) is 13.1 Å². The molecule has 0 aliphatic carbocycles. The quantitative estimate of drug-likeness (QED) is 0.594. The first kappa shape index (κ1) is 18.0. The summed E-state index contributed by atoms with van der Waals surface area (Å²) in [6.45, 7) is 9.28. The molecule has 0 amide bonds. The maximum Gasteiger partial charge on any atom is 0.0110 e. The monoisotopic (exact) mass is 200 g/mol. The number of hydrogen-bond acceptors (Lipinski definition) is 2. The molecule has 1 fully saturated rings. The van der Waals surface area contributed by atoms with Crippen molar-refractivity contribution < 1.29 is 11.0 Å². The van der Waals surface area contributed by atoms with Crippen LogP contribution in [0.5, 0.6) is 0 Å². The molecule has 0 aromatic rings. The normalized spacial score (nSPS) is 17.2. The highest BCUT2D eigenvalue weighted by molar-refractivity contribution is 5.85. The van der Waals surface area contributed by atoms with E-state index >= 15 is 0 Å². The van der Waals surface area contributed by atoms with E-state index in [0.717, 1.165) is 19.1 Å². The Balaban J connectivity index is -0.000000270. The molecular weight excluding hydrogens is 180 g/mol. The SMILES string of the molecule is CC(C)N1CCNCC1.Cl.O.O. The molecule has 12 heavy (non-hydrogen) atoms. The van der Waals surface area contributed by atoms with Crippen molar-refractivity contribution in [2.75, 3.05) is 26.2 Å². The van der Waals surface area contributed by atoms with Gasteiger partial charge in [-0.25, -0.2) is 0 Å². The van der Waals surface area contributed by atoms with E-state index in [2.05, 4.69) is 24.1 Å². The summed E-state index contributed by atoms with van der Waals surface area (Å²) in [5.74, 6) is 0. The number of halogens is 1. The summed E-state index contributed by atoms with van der Waals surface area (Å²) in [6.07, 6.45) is 0. The van der Waals surface area contributed by atoms with E-state index in [9.17, 15) is 0 Å². The third-order valence-electron chi connectivity index (χ3n) is 1.88. The van der Waals surface area contributed by atoms with E-state index in [0.29, 0.717) is 0 Å². The van der Waals surface area contributed by atoms with Crippen LogP contribution in [0.25, 0.3) is 0 Å². The van der Waals surface area contributed by atoms with Gasteiger partial charge >= 0.3 is 0 Å². The van der Waals surface area contributed by atoms with Gasteiger partial charge in [-0.05, 0) is 13.8 Å². The minimum Gasteiger partial charge on any atom is -0.412 e. The van der Waals surface area contributed by atoms with E-state index < -0.39 is 0 Å². The lowest BCUT2D eigenvalue weighted by atomic mass is 10.3. The van der Waals surface area contributed by atoms with Gasteiger partial charge in [0.05, 0.1) is 0 Å². The Labute approximate surface area is 80.3 Å². The lowest BCUT2D eigenvalue weighted by molar-refractivity contribution is 0.196. The van der Waals surface area contributed by atoms with Crippen LogP contribution in [0.1, 0.15) is 13.8 Å². The molecule has 0 atom stereocenters. The third-order valence-corrected chi connectivity index (χ3v) is 1.88. The second kappa shape index (κ2) is 9.22. The van der Waals surface area contributed by atoms with Crippen molar-refractivity contribution in [3.05, 3.63) is 0 Å². The van der Waals surface area contributed by atoms with Gasteiger partial charge in [-0.1, -0.05) is 0 Å². The van der Waals surface area contributed by atoms with Crippen LogP contribution in [0.3, 0.4) is 0 Å². The van der Waals surface area contributed by atoms with Crippen LogP contribution in [0.4, 0.5) is 0 Å². The molecule has 0 saturated carbocycles. The van der Waals surface area contributed by atoms with Crippen LogP contribution in [0.2, 0.25) is 0 Å². The van der Waals surface area contributed by atoms with Crippen LogP contribution in [-0.2, 0) is 0 Å². The lowest BCUT2D eigenvalue weighted by Gasteiger charge is -2.30. The van der Waals surface area contributed by atoms with Crippen LogP contribution in [0.15, 0.2) is 0 Å². The van der Waals surface area contributed by atoms with Gasteiger partial charge in [0.2, 0.25) is 0 Å². The van der Waals surface area contributed by atoms with E-state index in [1.807, 2.05) is 0 Å². The molecule has 1 heterocycles. The predicted octanol–water partition coefficient (Wildman–Crippen LogP) is -0.928. The second-order valence-corrected chi connectivity index (χ2v) is 2.88. The Bertz CT molecular complexity index is 87.5. The highest BCUT2D eigenvalue weighted by Crippen LogP contribution is 1.97. The molecule has 78 valence electrons. The molecule has 1 saturated heterocycles. The number of piperazine rings is 1. The fourth-order valence-corrected chi connectivity index (χ4v) is 1.20. The first-order chi connectivity index (χ1) is 4.30. The molecule has 1 aliphatic heterocycles. The van der Waals surface area contributed by atoms with Crippen molar-refractivity contribution in [2.45, 2.75) is 19.9 Å². The Morgan fingerprint density at radius 2 is 1.50 bits per heavy atom. The highest BCUT2D eigenvalue weighted by atomic mass is 35.5. The zero-order valence-corrected chi connectivity index (χ0v) is 8.58. The largest absolute Gasteiger partial charge is 0.412 e.